The monoisotopic (exact) mass is 181 g/mol. The van der Waals surface area contributed by atoms with Crippen molar-refractivity contribution in [2.75, 3.05) is 0 Å². The molecule has 0 aromatic carbocycles. The van der Waals surface area contributed by atoms with Crippen molar-refractivity contribution >= 4 is 0 Å². The first-order valence-corrected chi connectivity index (χ1v) is 5.32. The van der Waals surface area contributed by atoms with Crippen LogP contribution in [0.4, 0.5) is 0 Å². The standard InChI is InChI=1S/C12H23N/c1-10(2)12(8-9-12)7-5-6-11(3,4)13/h5-6,10H,7-9,13H2,1-4H3. The molecule has 0 bridgehead atoms. The summed E-state index contributed by atoms with van der Waals surface area (Å²) in [7, 11) is 0. The molecule has 0 unspecified atom stereocenters. The molecule has 1 aliphatic rings. The van der Waals surface area contributed by atoms with Gasteiger partial charge < -0.3 is 5.73 Å². The van der Waals surface area contributed by atoms with E-state index in [-0.39, 0.29) is 5.54 Å². The number of nitrogens with two attached hydrogens (primary N) is 1. The van der Waals surface area contributed by atoms with Crippen LogP contribution >= 0.6 is 0 Å². The van der Waals surface area contributed by atoms with Crippen LogP contribution in [0.2, 0.25) is 0 Å². The van der Waals surface area contributed by atoms with Gasteiger partial charge in [-0.3, -0.25) is 0 Å². The van der Waals surface area contributed by atoms with E-state index in [0.29, 0.717) is 5.41 Å². The molecule has 0 aromatic rings. The minimum Gasteiger partial charge on any atom is -0.322 e. The van der Waals surface area contributed by atoms with Gasteiger partial charge in [-0.2, -0.15) is 0 Å². The highest BCUT2D eigenvalue weighted by Crippen LogP contribution is 2.54. The van der Waals surface area contributed by atoms with Gasteiger partial charge >= 0.3 is 0 Å². The normalized spacial score (nSPS) is 21.4. The van der Waals surface area contributed by atoms with Crippen LogP contribution in [-0.2, 0) is 0 Å². The fourth-order valence-electron chi connectivity index (χ4n) is 1.78. The number of hydrogen-bond donors (Lipinski definition) is 1. The molecule has 1 rings (SSSR count). The summed E-state index contributed by atoms with van der Waals surface area (Å²) < 4.78 is 0. The van der Waals surface area contributed by atoms with Crippen molar-refractivity contribution in [2.45, 2.75) is 52.5 Å². The van der Waals surface area contributed by atoms with E-state index in [4.69, 9.17) is 5.73 Å². The second-order valence-electron chi connectivity index (χ2n) is 5.44. The zero-order chi connectivity index (χ0) is 10.1. The fraction of sp³-hybridized carbons (Fsp3) is 0.833. The first-order valence-electron chi connectivity index (χ1n) is 5.32. The maximum absolute atomic E-state index is 5.87. The molecule has 0 aromatic heterocycles. The molecule has 13 heavy (non-hydrogen) atoms. The van der Waals surface area contributed by atoms with Crippen LogP contribution in [0.25, 0.3) is 0 Å². The van der Waals surface area contributed by atoms with Crippen molar-refractivity contribution in [3.05, 3.63) is 12.2 Å². The summed E-state index contributed by atoms with van der Waals surface area (Å²) in [6.07, 6.45) is 8.42. The molecular formula is C12H23N. The number of rotatable bonds is 4. The van der Waals surface area contributed by atoms with Crippen molar-refractivity contribution in [1.82, 2.24) is 0 Å². The maximum atomic E-state index is 5.87. The van der Waals surface area contributed by atoms with Crippen molar-refractivity contribution in [1.29, 1.82) is 0 Å². The van der Waals surface area contributed by atoms with Crippen LogP contribution in [0.15, 0.2) is 12.2 Å². The van der Waals surface area contributed by atoms with E-state index < -0.39 is 0 Å². The SMILES string of the molecule is CC(C)C1(CC=CC(C)(C)N)CC1. The van der Waals surface area contributed by atoms with Crippen molar-refractivity contribution in [3.8, 4) is 0 Å². The van der Waals surface area contributed by atoms with Gasteiger partial charge in [0.25, 0.3) is 0 Å². The Morgan fingerprint density at radius 3 is 2.23 bits per heavy atom. The zero-order valence-corrected chi connectivity index (χ0v) is 9.43. The maximum Gasteiger partial charge on any atom is 0.0281 e. The smallest absolute Gasteiger partial charge is 0.0281 e. The Morgan fingerprint density at radius 1 is 1.38 bits per heavy atom. The first-order chi connectivity index (χ1) is 5.86. The molecule has 1 heteroatoms. The minimum atomic E-state index is -0.146. The van der Waals surface area contributed by atoms with E-state index in [0.717, 1.165) is 5.92 Å². The molecule has 1 nitrogen and oxygen atoms in total. The van der Waals surface area contributed by atoms with Crippen molar-refractivity contribution < 1.29 is 0 Å². The van der Waals surface area contributed by atoms with Gasteiger partial charge in [-0.05, 0) is 44.4 Å². The number of hydrogen-bond acceptors (Lipinski definition) is 1. The van der Waals surface area contributed by atoms with E-state index >= 15 is 0 Å². The van der Waals surface area contributed by atoms with Gasteiger partial charge in [0, 0.05) is 5.54 Å². The third-order valence-corrected chi connectivity index (χ3v) is 3.19. The van der Waals surface area contributed by atoms with Gasteiger partial charge in [0.15, 0.2) is 0 Å². The lowest BCUT2D eigenvalue weighted by molar-refractivity contribution is 0.362. The van der Waals surface area contributed by atoms with Crippen molar-refractivity contribution in [2.24, 2.45) is 17.1 Å². The van der Waals surface area contributed by atoms with Crippen LogP contribution in [0.5, 0.6) is 0 Å². The predicted molar refractivity (Wildman–Crippen MR) is 58.5 cm³/mol. The predicted octanol–water partition coefficient (Wildman–Crippen LogP) is 3.11. The molecule has 0 radical (unpaired) electrons. The Balaban J connectivity index is 2.39. The summed E-state index contributed by atoms with van der Waals surface area (Å²) in [6.45, 7) is 8.74. The highest BCUT2D eigenvalue weighted by molar-refractivity contribution is 5.05. The Morgan fingerprint density at radius 2 is 1.92 bits per heavy atom. The van der Waals surface area contributed by atoms with E-state index in [1.165, 1.54) is 19.3 Å². The lowest BCUT2D eigenvalue weighted by Crippen LogP contribution is -2.28. The number of allylic oxidation sites excluding steroid dienone is 1. The molecule has 0 spiro atoms. The Kier molecular flexibility index (Phi) is 2.86. The molecule has 0 saturated heterocycles. The molecule has 0 amide bonds. The summed E-state index contributed by atoms with van der Waals surface area (Å²) >= 11 is 0. The van der Waals surface area contributed by atoms with Gasteiger partial charge in [-0.15, -0.1) is 0 Å². The average molecular weight is 181 g/mol. The summed E-state index contributed by atoms with van der Waals surface area (Å²) in [5.74, 6) is 0.818. The molecule has 1 saturated carbocycles. The average Bonchev–Trinajstić information content (AvgIpc) is 2.65. The fourth-order valence-corrected chi connectivity index (χ4v) is 1.78. The van der Waals surface area contributed by atoms with E-state index in [1.807, 2.05) is 13.8 Å². The Bertz CT molecular complexity index is 192. The van der Waals surface area contributed by atoms with Gasteiger partial charge in [0.1, 0.15) is 0 Å². The van der Waals surface area contributed by atoms with Crippen molar-refractivity contribution in [3.63, 3.8) is 0 Å². The van der Waals surface area contributed by atoms with Gasteiger partial charge in [0.2, 0.25) is 0 Å². The van der Waals surface area contributed by atoms with E-state index in [9.17, 15) is 0 Å². The lowest BCUT2D eigenvalue weighted by atomic mass is 9.88. The second-order valence-corrected chi connectivity index (χ2v) is 5.44. The molecule has 1 fully saturated rings. The third kappa shape index (κ3) is 3.15. The molecule has 0 atom stereocenters. The highest BCUT2D eigenvalue weighted by Gasteiger charge is 2.43. The summed E-state index contributed by atoms with van der Waals surface area (Å²) in [4.78, 5) is 0. The van der Waals surface area contributed by atoms with Gasteiger partial charge in [-0.25, -0.2) is 0 Å². The summed E-state index contributed by atoms with van der Waals surface area (Å²) in [5.41, 5.74) is 6.36. The Labute approximate surface area is 82.4 Å². The second kappa shape index (κ2) is 3.45. The molecule has 1 aliphatic carbocycles. The van der Waals surface area contributed by atoms with Crippen LogP contribution in [0, 0.1) is 11.3 Å². The van der Waals surface area contributed by atoms with Gasteiger partial charge in [-0.1, -0.05) is 26.0 Å². The van der Waals surface area contributed by atoms with Crippen LogP contribution in [0.3, 0.4) is 0 Å². The zero-order valence-electron chi connectivity index (χ0n) is 9.43. The Hall–Kier alpha value is -0.300. The summed E-state index contributed by atoms with van der Waals surface area (Å²) in [6, 6.07) is 0. The van der Waals surface area contributed by atoms with E-state index in [1.54, 1.807) is 0 Å². The lowest BCUT2D eigenvalue weighted by Gasteiger charge is -2.18. The molecule has 2 N–H and O–H groups in total. The van der Waals surface area contributed by atoms with Crippen LogP contribution in [0.1, 0.15) is 47.0 Å². The van der Waals surface area contributed by atoms with E-state index in [2.05, 4.69) is 26.0 Å². The minimum absolute atomic E-state index is 0.146. The third-order valence-electron chi connectivity index (χ3n) is 3.19. The topological polar surface area (TPSA) is 26.0 Å². The van der Waals surface area contributed by atoms with Gasteiger partial charge in [0.05, 0.1) is 0 Å². The van der Waals surface area contributed by atoms with Crippen LogP contribution in [-0.4, -0.2) is 5.54 Å². The highest BCUT2D eigenvalue weighted by atomic mass is 14.7. The molecular weight excluding hydrogens is 158 g/mol. The first kappa shape index (κ1) is 10.8. The largest absolute Gasteiger partial charge is 0.322 e. The van der Waals surface area contributed by atoms with Crippen LogP contribution < -0.4 is 5.73 Å². The summed E-state index contributed by atoms with van der Waals surface area (Å²) in [5, 5.41) is 0. The quantitative estimate of drug-likeness (QED) is 0.663. The molecule has 76 valence electrons. The molecule has 0 aliphatic heterocycles. The molecule has 0 heterocycles.